The van der Waals surface area contributed by atoms with Crippen LogP contribution in [0.25, 0.3) is 0 Å². The minimum Gasteiger partial charge on any atom is -0.485 e. The van der Waals surface area contributed by atoms with Crippen LogP contribution in [0, 0.1) is 0 Å². The van der Waals surface area contributed by atoms with Crippen molar-refractivity contribution in [3.8, 4) is 11.5 Å². The number of ether oxygens (including phenoxy) is 3. The number of likely N-dealkylation sites (N-methyl/N-ethyl adjacent to an activating group) is 1. The highest BCUT2D eigenvalue weighted by Gasteiger charge is 2.45. The number of cyclic esters (lactones) is 1. The van der Waals surface area contributed by atoms with Gasteiger partial charge in [-0.25, -0.2) is 9.59 Å². The molecule has 2 aliphatic rings. The number of hydrogen-bond donors (Lipinski definition) is 1. The van der Waals surface area contributed by atoms with Crippen LogP contribution in [0.2, 0.25) is 0 Å². The van der Waals surface area contributed by atoms with Gasteiger partial charge in [-0.2, -0.15) is 0 Å². The van der Waals surface area contributed by atoms with Crippen LogP contribution in [-0.4, -0.2) is 66.4 Å². The molecule has 0 fully saturated rings. The molecule has 0 saturated carbocycles. The van der Waals surface area contributed by atoms with Gasteiger partial charge in [0.05, 0.1) is 11.7 Å². The molecule has 1 aromatic carbocycles. The number of amides is 1. The fourth-order valence-electron chi connectivity index (χ4n) is 3.17. The molecule has 0 bridgehead atoms. The predicted octanol–water partition coefficient (Wildman–Crippen LogP) is 1.69. The topological polar surface area (TPSA) is 88.5 Å². The summed E-state index contributed by atoms with van der Waals surface area (Å²) in [6.07, 6.45) is 0.00600. The Hall–Kier alpha value is -2.74. The van der Waals surface area contributed by atoms with Crippen LogP contribution in [0.15, 0.2) is 30.0 Å². The average molecular weight is 376 g/mol. The molecule has 1 amide bonds. The number of carbonyl (C=O) groups is 2. The van der Waals surface area contributed by atoms with Gasteiger partial charge in [-0.05, 0) is 32.0 Å². The van der Waals surface area contributed by atoms with E-state index in [0.717, 1.165) is 0 Å². The van der Waals surface area contributed by atoms with Gasteiger partial charge in [0.2, 0.25) is 0 Å². The minimum absolute atomic E-state index is 0.143. The van der Waals surface area contributed by atoms with E-state index in [0.29, 0.717) is 22.8 Å². The molecule has 3 rings (SSSR count). The summed E-state index contributed by atoms with van der Waals surface area (Å²) in [7, 11) is 4.97. The third-order valence-corrected chi connectivity index (χ3v) is 4.77. The lowest BCUT2D eigenvalue weighted by Crippen LogP contribution is -2.52. The molecule has 2 atom stereocenters. The first-order chi connectivity index (χ1) is 12.6. The second-order valence-electron chi connectivity index (χ2n) is 7.41. The summed E-state index contributed by atoms with van der Waals surface area (Å²) in [4.78, 5) is 26.4. The number of aliphatic hydroxyl groups is 1. The van der Waals surface area contributed by atoms with E-state index in [9.17, 15) is 14.7 Å². The Balaban J connectivity index is 2.01. The maximum Gasteiger partial charge on any atom is 0.414 e. The van der Waals surface area contributed by atoms with E-state index in [1.54, 1.807) is 58.1 Å². The van der Waals surface area contributed by atoms with Crippen molar-refractivity contribution in [2.45, 2.75) is 31.6 Å². The first-order valence-corrected chi connectivity index (χ1v) is 8.60. The highest BCUT2D eigenvalue weighted by Crippen LogP contribution is 2.45. The Morgan fingerprint density at radius 1 is 1.30 bits per heavy atom. The van der Waals surface area contributed by atoms with Crippen molar-refractivity contribution in [1.29, 1.82) is 0 Å². The Labute approximate surface area is 157 Å². The quantitative estimate of drug-likeness (QED) is 0.803. The smallest absolute Gasteiger partial charge is 0.414 e. The highest BCUT2D eigenvalue weighted by molar-refractivity contribution is 5.85. The highest BCUT2D eigenvalue weighted by atomic mass is 16.6. The molecule has 27 heavy (non-hydrogen) atoms. The number of rotatable bonds is 3. The molecule has 8 nitrogen and oxygen atoms in total. The molecule has 2 heterocycles. The normalized spacial score (nSPS) is 22.9. The zero-order chi connectivity index (χ0) is 19.9. The Bertz CT molecular complexity index is 801. The van der Waals surface area contributed by atoms with E-state index in [4.69, 9.17) is 14.2 Å². The van der Waals surface area contributed by atoms with Crippen LogP contribution in [-0.2, 0) is 9.53 Å². The molecule has 8 heteroatoms. The van der Waals surface area contributed by atoms with Gasteiger partial charge in [0.1, 0.15) is 29.8 Å². The molecule has 0 aliphatic carbocycles. The van der Waals surface area contributed by atoms with Crippen LogP contribution in [0.4, 0.5) is 4.79 Å². The van der Waals surface area contributed by atoms with Crippen molar-refractivity contribution in [2.75, 3.05) is 27.7 Å². The van der Waals surface area contributed by atoms with Crippen LogP contribution < -0.4 is 9.47 Å². The SMILES string of the molecule is CN(C)C(=O)Oc1ccc2c(c1)[C@H](N(C)C1=CC(=O)OC1)[C@@H](O)C(C)(C)O2. The standard InChI is InChI=1S/C19H24N2O6/c1-19(2)17(23)16(21(5)11-8-15(22)25-10-11)13-9-12(6-7-14(13)27-19)26-18(24)20(3)4/h6-9,16-17,23H,10H2,1-5H3/t16-,17+/m0/s1. The molecule has 0 aromatic heterocycles. The zero-order valence-corrected chi connectivity index (χ0v) is 16.1. The minimum atomic E-state index is -0.897. The predicted molar refractivity (Wildman–Crippen MR) is 96.4 cm³/mol. The van der Waals surface area contributed by atoms with Crippen molar-refractivity contribution in [3.63, 3.8) is 0 Å². The fraction of sp³-hybridized carbons (Fsp3) is 0.474. The Kier molecular flexibility index (Phi) is 4.77. The molecule has 0 unspecified atom stereocenters. The second kappa shape index (κ2) is 6.77. The number of nitrogens with zero attached hydrogens (tertiary/aromatic N) is 2. The summed E-state index contributed by atoms with van der Waals surface area (Å²) >= 11 is 0. The van der Waals surface area contributed by atoms with Gasteiger partial charge in [-0.15, -0.1) is 0 Å². The van der Waals surface area contributed by atoms with Crippen molar-refractivity contribution in [2.24, 2.45) is 0 Å². The summed E-state index contributed by atoms with van der Waals surface area (Å²) in [5.41, 5.74) is 0.467. The second-order valence-corrected chi connectivity index (χ2v) is 7.41. The molecule has 0 saturated heterocycles. The fourth-order valence-corrected chi connectivity index (χ4v) is 3.17. The molecular formula is C19H24N2O6. The van der Waals surface area contributed by atoms with Crippen molar-refractivity contribution >= 4 is 12.1 Å². The molecule has 0 radical (unpaired) electrons. The van der Waals surface area contributed by atoms with E-state index in [1.807, 2.05) is 0 Å². The first kappa shape index (κ1) is 19.0. The summed E-state index contributed by atoms with van der Waals surface area (Å²) in [5, 5.41) is 11.0. The van der Waals surface area contributed by atoms with Gasteiger partial charge in [0, 0.05) is 32.8 Å². The molecule has 0 spiro atoms. The van der Waals surface area contributed by atoms with Crippen LogP contribution in [0.1, 0.15) is 25.5 Å². The largest absolute Gasteiger partial charge is 0.485 e. The lowest BCUT2D eigenvalue weighted by atomic mass is 9.85. The zero-order valence-electron chi connectivity index (χ0n) is 16.1. The number of carbonyl (C=O) groups excluding carboxylic acids is 2. The van der Waals surface area contributed by atoms with Crippen LogP contribution in [0.3, 0.4) is 0 Å². The summed E-state index contributed by atoms with van der Waals surface area (Å²) in [6, 6.07) is 4.52. The molecule has 1 N–H and O–H groups in total. The summed E-state index contributed by atoms with van der Waals surface area (Å²) in [5.74, 6) is 0.512. The van der Waals surface area contributed by atoms with Gasteiger partial charge in [-0.1, -0.05) is 0 Å². The van der Waals surface area contributed by atoms with Gasteiger partial charge < -0.3 is 29.1 Å². The Morgan fingerprint density at radius 3 is 2.59 bits per heavy atom. The maximum absolute atomic E-state index is 11.9. The maximum atomic E-state index is 11.9. The lowest BCUT2D eigenvalue weighted by Gasteiger charge is -2.46. The summed E-state index contributed by atoms with van der Waals surface area (Å²) in [6.45, 7) is 3.74. The third-order valence-electron chi connectivity index (χ3n) is 4.77. The number of benzene rings is 1. The van der Waals surface area contributed by atoms with E-state index in [-0.39, 0.29) is 6.61 Å². The van der Waals surface area contributed by atoms with Crippen LogP contribution in [0.5, 0.6) is 11.5 Å². The monoisotopic (exact) mass is 376 g/mol. The van der Waals surface area contributed by atoms with Crippen molar-refractivity contribution < 1.29 is 28.9 Å². The van der Waals surface area contributed by atoms with E-state index in [2.05, 4.69) is 0 Å². The molecule has 2 aliphatic heterocycles. The number of fused-ring (bicyclic) bond motifs is 1. The Morgan fingerprint density at radius 2 is 2.00 bits per heavy atom. The van der Waals surface area contributed by atoms with E-state index < -0.39 is 29.8 Å². The third kappa shape index (κ3) is 3.57. The van der Waals surface area contributed by atoms with E-state index >= 15 is 0 Å². The number of hydrogen-bond acceptors (Lipinski definition) is 7. The molecule has 1 aromatic rings. The van der Waals surface area contributed by atoms with Gasteiger partial charge in [0.15, 0.2) is 0 Å². The first-order valence-electron chi connectivity index (χ1n) is 8.60. The number of aliphatic hydroxyl groups excluding tert-OH is 1. The van der Waals surface area contributed by atoms with Gasteiger partial charge in [0.25, 0.3) is 0 Å². The van der Waals surface area contributed by atoms with Gasteiger partial charge in [-0.3, -0.25) is 0 Å². The van der Waals surface area contributed by atoms with Crippen molar-refractivity contribution in [1.82, 2.24) is 9.80 Å². The molecular weight excluding hydrogens is 352 g/mol. The lowest BCUT2D eigenvalue weighted by molar-refractivity contribution is -0.135. The number of esters is 1. The van der Waals surface area contributed by atoms with Crippen molar-refractivity contribution in [3.05, 3.63) is 35.5 Å². The average Bonchev–Trinajstić information content (AvgIpc) is 3.02. The van der Waals surface area contributed by atoms with Crippen LogP contribution >= 0.6 is 0 Å². The van der Waals surface area contributed by atoms with Gasteiger partial charge >= 0.3 is 12.1 Å². The molecule has 146 valence electrons. The van der Waals surface area contributed by atoms with E-state index in [1.165, 1.54) is 11.0 Å². The summed E-state index contributed by atoms with van der Waals surface area (Å²) < 4.78 is 16.3.